The van der Waals surface area contributed by atoms with Crippen molar-refractivity contribution in [3.63, 3.8) is 0 Å². The molecule has 4 heteroatoms. The summed E-state index contributed by atoms with van der Waals surface area (Å²) in [6.07, 6.45) is 0.262. The van der Waals surface area contributed by atoms with E-state index in [-0.39, 0.29) is 6.42 Å². The van der Waals surface area contributed by atoms with E-state index in [1.54, 1.807) is 0 Å². The molecular formula is C6H8O4. The molecule has 0 aliphatic heterocycles. The first-order chi connectivity index (χ1) is 4.48. The highest BCUT2D eigenvalue weighted by atomic mass is 16.4. The molecule has 0 saturated heterocycles. The van der Waals surface area contributed by atoms with Crippen molar-refractivity contribution in [3.05, 3.63) is 0 Å². The summed E-state index contributed by atoms with van der Waals surface area (Å²) in [6.45, 7) is 1.45. The number of carbonyl (C=O) groups is 2. The third kappa shape index (κ3) is 0.761. The summed E-state index contributed by atoms with van der Waals surface area (Å²) < 4.78 is 0. The molecule has 0 aromatic rings. The molecular weight excluding hydrogens is 136 g/mol. The lowest BCUT2D eigenvalue weighted by atomic mass is 10.1. The van der Waals surface area contributed by atoms with Crippen LogP contribution in [0.4, 0.5) is 0 Å². The maximum atomic E-state index is 10.3. The third-order valence-electron chi connectivity index (χ3n) is 2.02. The second-order valence-electron chi connectivity index (χ2n) is 2.82. The zero-order valence-electron chi connectivity index (χ0n) is 5.50. The highest BCUT2D eigenvalue weighted by Gasteiger charge is 2.60. The van der Waals surface area contributed by atoms with E-state index in [2.05, 4.69) is 0 Å². The number of hydrogen-bond acceptors (Lipinski definition) is 2. The first-order valence-corrected chi connectivity index (χ1v) is 2.94. The zero-order chi connectivity index (χ0) is 7.94. The van der Waals surface area contributed by atoms with Crippen LogP contribution in [0.1, 0.15) is 13.3 Å². The highest BCUT2D eigenvalue weighted by Crippen LogP contribution is 2.52. The van der Waals surface area contributed by atoms with Crippen LogP contribution in [0.3, 0.4) is 0 Å². The highest BCUT2D eigenvalue weighted by molar-refractivity contribution is 5.88. The van der Waals surface area contributed by atoms with Crippen molar-refractivity contribution in [1.29, 1.82) is 0 Å². The van der Waals surface area contributed by atoms with Gasteiger partial charge in [-0.1, -0.05) is 0 Å². The maximum Gasteiger partial charge on any atom is 0.310 e. The van der Waals surface area contributed by atoms with E-state index >= 15 is 0 Å². The van der Waals surface area contributed by atoms with Crippen LogP contribution in [0.2, 0.25) is 0 Å². The number of rotatable bonds is 2. The van der Waals surface area contributed by atoms with E-state index < -0.39 is 23.3 Å². The molecule has 0 heterocycles. The molecule has 1 aliphatic rings. The van der Waals surface area contributed by atoms with Gasteiger partial charge in [0, 0.05) is 0 Å². The Balaban J connectivity index is 2.65. The Morgan fingerprint density at radius 1 is 1.50 bits per heavy atom. The monoisotopic (exact) mass is 144 g/mol. The van der Waals surface area contributed by atoms with E-state index in [1.165, 1.54) is 6.92 Å². The molecule has 56 valence electrons. The molecule has 1 fully saturated rings. The Hall–Kier alpha value is -1.06. The van der Waals surface area contributed by atoms with E-state index in [0.29, 0.717) is 0 Å². The predicted octanol–water partition coefficient (Wildman–Crippen LogP) is 0.182. The molecule has 0 spiro atoms. The minimum Gasteiger partial charge on any atom is -0.481 e. The van der Waals surface area contributed by atoms with E-state index in [0.717, 1.165) is 0 Å². The molecule has 0 amide bonds. The van der Waals surface area contributed by atoms with Crippen LogP contribution < -0.4 is 0 Å². The Morgan fingerprint density at radius 2 is 2.00 bits per heavy atom. The maximum absolute atomic E-state index is 10.3. The topological polar surface area (TPSA) is 74.6 Å². The van der Waals surface area contributed by atoms with Gasteiger partial charge in [-0.15, -0.1) is 0 Å². The van der Waals surface area contributed by atoms with E-state index in [1.807, 2.05) is 0 Å². The summed E-state index contributed by atoms with van der Waals surface area (Å²) >= 11 is 0. The van der Waals surface area contributed by atoms with Crippen molar-refractivity contribution >= 4 is 11.9 Å². The third-order valence-corrected chi connectivity index (χ3v) is 2.02. The zero-order valence-corrected chi connectivity index (χ0v) is 5.50. The van der Waals surface area contributed by atoms with Crippen LogP contribution in [0.25, 0.3) is 0 Å². The number of carboxylic acid groups (broad SMARTS) is 2. The van der Waals surface area contributed by atoms with Gasteiger partial charge in [0.2, 0.25) is 0 Å². The van der Waals surface area contributed by atoms with Crippen molar-refractivity contribution in [3.8, 4) is 0 Å². The summed E-state index contributed by atoms with van der Waals surface area (Å²) in [6, 6.07) is 0. The van der Waals surface area contributed by atoms with Crippen molar-refractivity contribution in [2.75, 3.05) is 0 Å². The normalized spacial score (nSPS) is 37.1. The van der Waals surface area contributed by atoms with Gasteiger partial charge in [-0.25, -0.2) is 0 Å². The second-order valence-corrected chi connectivity index (χ2v) is 2.82. The Labute approximate surface area is 57.5 Å². The summed E-state index contributed by atoms with van der Waals surface area (Å²) in [5, 5.41) is 16.8. The van der Waals surface area contributed by atoms with Gasteiger partial charge in [0.25, 0.3) is 0 Å². The van der Waals surface area contributed by atoms with Crippen LogP contribution >= 0.6 is 0 Å². The van der Waals surface area contributed by atoms with Gasteiger partial charge >= 0.3 is 11.9 Å². The second kappa shape index (κ2) is 1.71. The Bertz CT molecular complexity index is 198. The van der Waals surface area contributed by atoms with E-state index in [9.17, 15) is 9.59 Å². The van der Waals surface area contributed by atoms with Gasteiger partial charge in [0.15, 0.2) is 0 Å². The Morgan fingerprint density at radius 3 is 2.10 bits per heavy atom. The number of aliphatic carboxylic acids is 2. The van der Waals surface area contributed by atoms with E-state index in [4.69, 9.17) is 10.2 Å². The first-order valence-electron chi connectivity index (χ1n) is 2.94. The lowest BCUT2D eigenvalue weighted by molar-refractivity contribution is -0.148. The van der Waals surface area contributed by atoms with Crippen molar-refractivity contribution in [2.45, 2.75) is 13.3 Å². The molecule has 1 rings (SSSR count). The molecule has 10 heavy (non-hydrogen) atoms. The van der Waals surface area contributed by atoms with Gasteiger partial charge in [0.05, 0.1) is 11.3 Å². The fraction of sp³-hybridized carbons (Fsp3) is 0.667. The molecule has 0 unspecified atom stereocenters. The lowest BCUT2D eigenvalue weighted by Crippen LogP contribution is -2.16. The average Bonchev–Trinajstić information content (AvgIpc) is 2.43. The van der Waals surface area contributed by atoms with Crippen LogP contribution in [0, 0.1) is 11.3 Å². The predicted molar refractivity (Wildman–Crippen MR) is 31.5 cm³/mol. The van der Waals surface area contributed by atoms with Gasteiger partial charge in [-0.2, -0.15) is 0 Å². The van der Waals surface area contributed by atoms with Crippen molar-refractivity contribution in [1.82, 2.24) is 0 Å². The fourth-order valence-corrected chi connectivity index (χ4v) is 0.961. The molecule has 0 radical (unpaired) electrons. The molecule has 2 atom stereocenters. The minimum absolute atomic E-state index is 0.262. The first kappa shape index (κ1) is 7.05. The fourth-order valence-electron chi connectivity index (χ4n) is 0.961. The van der Waals surface area contributed by atoms with Gasteiger partial charge in [-0.3, -0.25) is 9.59 Å². The molecule has 0 aromatic carbocycles. The van der Waals surface area contributed by atoms with Gasteiger partial charge < -0.3 is 10.2 Å². The van der Waals surface area contributed by atoms with Crippen molar-refractivity contribution in [2.24, 2.45) is 11.3 Å². The molecule has 0 aromatic heterocycles. The lowest BCUT2D eigenvalue weighted by Gasteiger charge is -1.99. The Kier molecular flexibility index (Phi) is 1.21. The summed E-state index contributed by atoms with van der Waals surface area (Å²) in [7, 11) is 0. The number of carboxylic acids is 2. The van der Waals surface area contributed by atoms with Crippen LogP contribution in [0.5, 0.6) is 0 Å². The SMILES string of the molecule is C[C@]1(C(=O)O)C[C@H]1C(=O)O. The van der Waals surface area contributed by atoms with Crippen LogP contribution in [-0.4, -0.2) is 22.2 Å². The van der Waals surface area contributed by atoms with Gasteiger partial charge in [0.1, 0.15) is 0 Å². The standard InChI is InChI=1S/C6H8O4/c1-6(5(9)10)2-3(6)4(7)8/h3H,2H2,1H3,(H,7,8)(H,9,10)/t3-,6-/m0/s1. The molecule has 1 saturated carbocycles. The van der Waals surface area contributed by atoms with Gasteiger partial charge in [-0.05, 0) is 13.3 Å². The summed E-state index contributed by atoms with van der Waals surface area (Å²) in [5.74, 6) is -2.70. The summed E-state index contributed by atoms with van der Waals surface area (Å²) in [4.78, 5) is 20.6. The van der Waals surface area contributed by atoms with Crippen LogP contribution in [0.15, 0.2) is 0 Å². The number of hydrogen-bond donors (Lipinski definition) is 2. The molecule has 0 bridgehead atoms. The summed E-state index contributed by atoms with van der Waals surface area (Å²) in [5.41, 5.74) is -0.994. The quantitative estimate of drug-likeness (QED) is 0.579. The van der Waals surface area contributed by atoms with Crippen molar-refractivity contribution < 1.29 is 19.8 Å². The molecule has 4 nitrogen and oxygen atoms in total. The average molecular weight is 144 g/mol. The minimum atomic E-state index is -1.01. The molecule has 2 N–H and O–H groups in total. The molecule has 1 aliphatic carbocycles. The smallest absolute Gasteiger partial charge is 0.310 e. The largest absolute Gasteiger partial charge is 0.481 e. The van der Waals surface area contributed by atoms with Crippen LogP contribution in [-0.2, 0) is 9.59 Å².